The SMILES string of the molecule is CCC(N)(CC)NC(C(=O)C(CC)(CC)NC(C)CSC)C1OC(O)C(O)C(O)C1O. The van der Waals surface area contributed by atoms with Gasteiger partial charge in [0.15, 0.2) is 12.1 Å². The number of carbonyl (C=O) groups excluding carboxylic acids is 1. The molecule has 0 aromatic rings. The summed E-state index contributed by atoms with van der Waals surface area (Å²) in [5.41, 5.74) is 4.61. The van der Waals surface area contributed by atoms with Crippen LogP contribution in [-0.4, -0.2) is 92.2 Å². The Labute approximate surface area is 190 Å². The van der Waals surface area contributed by atoms with E-state index in [0.717, 1.165) is 5.75 Å². The average Bonchev–Trinajstić information content (AvgIpc) is 2.76. The second-order valence-corrected chi connectivity index (χ2v) is 9.51. The predicted molar refractivity (Wildman–Crippen MR) is 123 cm³/mol. The molecule has 9 nitrogen and oxygen atoms in total. The Morgan fingerprint density at radius 3 is 2.00 bits per heavy atom. The maximum absolute atomic E-state index is 14.0. The summed E-state index contributed by atoms with van der Waals surface area (Å²) in [4.78, 5) is 14.0. The molecule has 0 spiro atoms. The van der Waals surface area contributed by atoms with Gasteiger partial charge in [0.1, 0.15) is 24.4 Å². The van der Waals surface area contributed by atoms with Gasteiger partial charge in [-0.05, 0) is 38.9 Å². The summed E-state index contributed by atoms with van der Waals surface area (Å²) in [5.74, 6) is 0.548. The van der Waals surface area contributed by atoms with Gasteiger partial charge in [0.05, 0.1) is 17.2 Å². The Kier molecular flexibility index (Phi) is 11.3. The number of ketones is 1. The number of aliphatic hydroxyl groups is 4. The van der Waals surface area contributed by atoms with Crippen molar-refractivity contribution in [2.45, 2.75) is 114 Å². The van der Waals surface area contributed by atoms with Crippen molar-refractivity contribution in [3.63, 3.8) is 0 Å². The fraction of sp³-hybridized carbons (Fsp3) is 0.952. The van der Waals surface area contributed by atoms with Crippen LogP contribution in [0, 0.1) is 0 Å². The van der Waals surface area contributed by atoms with Crippen molar-refractivity contribution in [2.24, 2.45) is 5.73 Å². The lowest BCUT2D eigenvalue weighted by Gasteiger charge is -2.46. The first kappa shape index (κ1) is 28.7. The lowest BCUT2D eigenvalue weighted by molar-refractivity contribution is -0.286. The molecule has 0 bridgehead atoms. The minimum atomic E-state index is -1.74. The monoisotopic (exact) mass is 465 g/mol. The summed E-state index contributed by atoms with van der Waals surface area (Å²) in [7, 11) is 0. The van der Waals surface area contributed by atoms with E-state index in [0.29, 0.717) is 25.7 Å². The molecule has 1 aliphatic heterocycles. The summed E-state index contributed by atoms with van der Waals surface area (Å²) >= 11 is 1.67. The van der Waals surface area contributed by atoms with E-state index in [9.17, 15) is 25.2 Å². The highest BCUT2D eigenvalue weighted by Gasteiger charge is 2.52. The van der Waals surface area contributed by atoms with Gasteiger partial charge in [-0.3, -0.25) is 10.1 Å². The van der Waals surface area contributed by atoms with Crippen LogP contribution >= 0.6 is 11.8 Å². The third-order valence-corrected chi connectivity index (χ3v) is 7.39. The zero-order valence-electron chi connectivity index (χ0n) is 19.7. The van der Waals surface area contributed by atoms with Gasteiger partial charge in [-0.1, -0.05) is 27.7 Å². The van der Waals surface area contributed by atoms with Gasteiger partial charge in [-0.2, -0.15) is 11.8 Å². The number of rotatable bonds is 13. The van der Waals surface area contributed by atoms with Crippen molar-refractivity contribution < 1.29 is 30.0 Å². The van der Waals surface area contributed by atoms with Crippen LogP contribution in [0.25, 0.3) is 0 Å². The topological polar surface area (TPSA) is 157 Å². The number of ether oxygens (including phenoxy) is 1. The molecule has 0 saturated carbocycles. The minimum absolute atomic E-state index is 0.0506. The zero-order chi connectivity index (χ0) is 24.0. The van der Waals surface area contributed by atoms with E-state index in [2.05, 4.69) is 10.6 Å². The molecule has 31 heavy (non-hydrogen) atoms. The van der Waals surface area contributed by atoms with E-state index < -0.39 is 47.9 Å². The number of nitrogens with two attached hydrogens (primary N) is 1. The molecule has 1 aliphatic rings. The van der Waals surface area contributed by atoms with Crippen molar-refractivity contribution in [3.8, 4) is 0 Å². The van der Waals surface area contributed by atoms with E-state index in [1.165, 1.54) is 0 Å². The lowest BCUT2D eigenvalue weighted by Crippen LogP contribution is -2.72. The summed E-state index contributed by atoms with van der Waals surface area (Å²) in [6, 6.07) is -1.07. The Hall–Kier alpha value is -0.300. The number of aliphatic hydroxyl groups excluding tert-OH is 4. The molecule has 1 fully saturated rings. The smallest absolute Gasteiger partial charge is 0.184 e. The number of carbonyl (C=O) groups is 1. The fourth-order valence-electron chi connectivity index (χ4n) is 4.16. The molecule has 0 aromatic heterocycles. The summed E-state index contributed by atoms with van der Waals surface area (Å²) in [6.07, 6.45) is -3.98. The molecule has 7 unspecified atom stereocenters. The van der Waals surface area contributed by atoms with E-state index in [1.54, 1.807) is 11.8 Å². The largest absolute Gasteiger partial charge is 0.388 e. The predicted octanol–water partition coefficient (Wildman–Crippen LogP) is -0.311. The maximum Gasteiger partial charge on any atom is 0.184 e. The Bertz CT molecular complexity index is 561. The lowest BCUT2D eigenvalue weighted by atomic mass is 9.79. The quantitative estimate of drug-likeness (QED) is 0.180. The van der Waals surface area contributed by atoms with Crippen LogP contribution in [0.2, 0.25) is 0 Å². The highest BCUT2D eigenvalue weighted by atomic mass is 32.2. The van der Waals surface area contributed by atoms with Crippen LogP contribution in [0.15, 0.2) is 0 Å². The highest BCUT2D eigenvalue weighted by Crippen LogP contribution is 2.29. The highest BCUT2D eigenvalue weighted by molar-refractivity contribution is 7.98. The molecular weight excluding hydrogens is 422 g/mol. The number of hydrogen-bond acceptors (Lipinski definition) is 10. The molecule has 8 N–H and O–H groups in total. The second kappa shape index (κ2) is 12.2. The molecule has 0 aromatic carbocycles. The van der Waals surface area contributed by atoms with E-state index in [1.807, 2.05) is 40.9 Å². The molecule has 7 atom stereocenters. The summed E-state index contributed by atoms with van der Waals surface area (Å²) in [6.45, 7) is 9.61. The molecule has 0 aliphatic carbocycles. The van der Waals surface area contributed by atoms with Crippen LogP contribution in [0.4, 0.5) is 0 Å². The second-order valence-electron chi connectivity index (χ2n) is 8.60. The Morgan fingerprint density at radius 1 is 1.00 bits per heavy atom. The molecule has 1 rings (SSSR count). The van der Waals surface area contributed by atoms with Gasteiger partial charge < -0.3 is 36.2 Å². The van der Waals surface area contributed by atoms with Gasteiger partial charge in [-0.15, -0.1) is 0 Å². The molecule has 0 amide bonds. The van der Waals surface area contributed by atoms with Crippen LogP contribution in [0.5, 0.6) is 0 Å². The first-order chi connectivity index (χ1) is 14.5. The first-order valence-corrected chi connectivity index (χ1v) is 12.6. The van der Waals surface area contributed by atoms with Crippen LogP contribution in [0.3, 0.4) is 0 Å². The number of thioether (sulfide) groups is 1. The van der Waals surface area contributed by atoms with Gasteiger partial charge in [0.25, 0.3) is 0 Å². The first-order valence-electron chi connectivity index (χ1n) is 11.2. The third kappa shape index (κ3) is 6.61. The van der Waals surface area contributed by atoms with Gasteiger partial charge in [0.2, 0.25) is 0 Å². The molecular formula is C21H43N3O6S. The molecule has 0 radical (unpaired) electrons. The maximum atomic E-state index is 14.0. The Balaban J connectivity index is 3.41. The van der Waals surface area contributed by atoms with E-state index >= 15 is 0 Å². The summed E-state index contributed by atoms with van der Waals surface area (Å²) in [5, 5.41) is 47.5. The van der Waals surface area contributed by atoms with E-state index in [4.69, 9.17) is 10.5 Å². The molecule has 184 valence electrons. The number of hydrogen-bond donors (Lipinski definition) is 7. The van der Waals surface area contributed by atoms with Gasteiger partial charge >= 0.3 is 0 Å². The van der Waals surface area contributed by atoms with Crippen molar-refractivity contribution >= 4 is 17.5 Å². The minimum Gasteiger partial charge on any atom is -0.388 e. The number of Topliss-reactive ketones (excluding diaryl/α,β-unsaturated/α-hetero) is 1. The number of nitrogens with one attached hydrogen (secondary N) is 2. The van der Waals surface area contributed by atoms with Crippen LogP contribution in [0.1, 0.15) is 60.3 Å². The van der Waals surface area contributed by atoms with Crippen molar-refractivity contribution in [2.75, 3.05) is 12.0 Å². The van der Waals surface area contributed by atoms with Crippen molar-refractivity contribution in [1.29, 1.82) is 0 Å². The van der Waals surface area contributed by atoms with Gasteiger partial charge in [-0.25, -0.2) is 0 Å². The van der Waals surface area contributed by atoms with Crippen molar-refractivity contribution in [3.05, 3.63) is 0 Å². The van der Waals surface area contributed by atoms with E-state index in [-0.39, 0.29) is 11.8 Å². The molecule has 1 heterocycles. The van der Waals surface area contributed by atoms with Gasteiger partial charge in [0, 0.05) is 11.8 Å². The average molecular weight is 466 g/mol. The van der Waals surface area contributed by atoms with Crippen LogP contribution < -0.4 is 16.4 Å². The van der Waals surface area contributed by atoms with Crippen molar-refractivity contribution in [1.82, 2.24) is 10.6 Å². The van der Waals surface area contributed by atoms with Crippen LogP contribution in [-0.2, 0) is 9.53 Å². The standard InChI is InChI=1S/C21H43N3O6S/c1-7-20(8-2,23-12(5)11-31-6)18(28)13(24-21(22,9-3)10-4)17-15(26)14(25)16(27)19(29)30-17/h12-17,19,23-27,29H,7-11,22H2,1-6H3. The zero-order valence-corrected chi connectivity index (χ0v) is 20.5. The Morgan fingerprint density at radius 2 is 1.55 bits per heavy atom. The fourth-order valence-corrected chi connectivity index (χ4v) is 4.74. The summed E-state index contributed by atoms with van der Waals surface area (Å²) < 4.78 is 5.46. The normalized spacial score (nSPS) is 29.6. The molecule has 1 saturated heterocycles. The third-order valence-electron chi connectivity index (χ3n) is 6.56. The molecule has 10 heteroatoms.